The molecule has 0 saturated carbocycles. The van der Waals surface area contributed by atoms with Crippen molar-refractivity contribution in [1.82, 2.24) is 8.67 Å². The Labute approximate surface area is 339 Å². The van der Waals surface area contributed by atoms with Crippen LogP contribution < -0.4 is 31.1 Å². The summed E-state index contributed by atoms with van der Waals surface area (Å²) in [5, 5.41) is 7.20. The highest BCUT2D eigenvalue weighted by Gasteiger charge is 2.68. The number of nitrogens with zero attached hydrogens (tertiary/aromatic N) is 2. The minimum Gasteiger partial charge on any atom is -0.290 e. The van der Waals surface area contributed by atoms with Gasteiger partial charge in [-0.1, -0.05) is 243 Å². The van der Waals surface area contributed by atoms with E-state index in [1.54, 1.807) is 0 Å². The van der Waals surface area contributed by atoms with Gasteiger partial charge in [0.05, 0.1) is 12.1 Å². The van der Waals surface area contributed by atoms with Crippen LogP contribution in [-0.2, 0) is 4.57 Å². The van der Waals surface area contributed by atoms with Crippen molar-refractivity contribution in [3.8, 4) is 0 Å². The van der Waals surface area contributed by atoms with Crippen LogP contribution in [0.5, 0.6) is 0 Å². The molecule has 1 aliphatic heterocycles. The first-order chi connectivity index (χ1) is 28.1. The summed E-state index contributed by atoms with van der Waals surface area (Å²) in [4.78, 5) is 0. The van der Waals surface area contributed by atoms with Gasteiger partial charge in [-0.2, -0.15) is 0 Å². The zero-order chi connectivity index (χ0) is 38.7. The Morgan fingerprint density at radius 2 is 0.491 bits per heavy atom. The molecule has 0 aliphatic carbocycles. The second kappa shape index (κ2) is 15.7. The van der Waals surface area contributed by atoms with Crippen molar-refractivity contribution in [2.24, 2.45) is 0 Å². The van der Waals surface area contributed by atoms with Crippen LogP contribution in [0.1, 0.15) is 23.2 Å². The van der Waals surface area contributed by atoms with Crippen LogP contribution in [0.2, 0.25) is 0 Å². The summed E-state index contributed by atoms with van der Waals surface area (Å²) in [5.74, 6) is 0. The number of hydrogen-bond donors (Lipinski definition) is 0. The molecule has 278 valence electrons. The van der Waals surface area contributed by atoms with Gasteiger partial charge >= 0.3 is 0 Å². The minimum absolute atomic E-state index is 0.306. The van der Waals surface area contributed by atoms with Gasteiger partial charge in [0.2, 0.25) is 23.9 Å². The summed E-state index contributed by atoms with van der Waals surface area (Å²) in [5.41, 5.74) is 2.29. The molecule has 1 saturated heterocycles. The molecule has 8 aromatic rings. The predicted octanol–water partition coefficient (Wildman–Crippen LogP) is 8.24. The Morgan fingerprint density at radius 3 is 0.684 bits per heavy atom. The van der Waals surface area contributed by atoms with E-state index < -0.39 is 23.9 Å². The van der Waals surface area contributed by atoms with Crippen molar-refractivity contribution >= 4 is 55.0 Å². The van der Waals surface area contributed by atoms with Crippen molar-refractivity contribution in [3.63, 3.8) is 0 Å². The molecule has 0 spiro atoms. The highest BCUT2D eigenvalue weighted by atomic mass is 31.2. The third-order valence-corrected chi connectivity index (χ3v) is 26.8. The lowest BCUT2D eigenvalue weighted by molar-refractivity contribution is 0.387. The third-order valence-electron chi connectivity index (χ3n) is 11.7. The van der Waals surface area contributed by atoms with E-state index >= 15 is 4.57 Å². The van der Waals surface area contributed by atoms with Gasteiger partial charge in [-0.25, -0.2) is 8.67 Å². The molecule has 0 unspecified atom stereocenters. The first kappa shape index (κ1) is 37.0. The average molecular weight is 789 g/mol. The summed E-state index contributed by atoms with van der Waals surface area (Å²) in [6, 6.07) is 87.0. The fourth-order valence-electron chi connectivity index (χ4n) is 9.62. The Hall–Kier alpha value is -5.66. The molecular weight excluding hydrogens is 744 g/mol. The minimum atomic E-state index is -3.65. The molecule has 6 heteroatoms. The van der Waals surface area contributed by atoms with E-state index in [1.807, 2.05) is 0 Å². The van der Waals surface area contributed by atoms with Gasteiger partial charge in [-0.05, 0) is 42.2 Å². The fourth-order valence-corrected chi connectivity index (χ4v) is 27.7. The molecule has 1 fully saturated rings. The summed E-state index contributed by atoms with van der Waals surface area (Å²) < 4.78 is 23.1. The van der Waals surface area contributed by atoms with Gasteiger partial charge < -0.3 is 0 Å². The Morgan fingerprint density at radius 1 is 0.316 bits per heavy atom. The van der Waals surface area contributed by atoms with Crippen LogP contribution >= 0.6 is 7.44 Å². The van der Waals surface area contributed by atoms with Crippen LogP contribution in [0.4, 0.5) is 0 Å². The van der Waals surface area contributed by atoms with E-state index in [9.17, 15) is 0 Å². The van der Waals surface area contributed by atoms with E-state index in [1.165, 1.54) is 31.1 Å². The molecule has 1 heterocycles. The molecule has 2 atom stereocenters. The van der Waals surface area contributed by atoms with E-state index in [2.05, 4.69) is 258 Å². The number of hydrogen-bond acceptors (Lipinski definition) is 1. The maximum atomic E-state index is 17.9. The van der Waals surface area contributed by atoms with Crippen LogP contribution in [-0.4, -0.2) is 31.8 Å². The van der Waals surface area contributed by atoms with E-state index in [4.69, 9.17) is 0 Å². The molecular formula is C51H45N2OPSi2. The second-order valence-corrected chi connectivity index (χ2v) is 25.4. The molecule has 0 bridgehead atoms. The first-order valence-corrected chi connectivity index (χ1v) is 25.6. The van der Waals surface area contributed by atoms with Crippen molar-refractivity contribution in [1.29, 1.82) is 0 Å². The van der Waals surface area contributed by atoms with Crippen LogP contribution in [0.15, 0.2) is 243 Å². The number of rotatable bonds is 10. The molecule has 0 amide bonds. The summed E-state index contributed by atoms with van der Waals surface area (Å²) in [7, 11) is -10.5. The zero-order valence-corrected chi connectivity index (χ0v) is 34.9. The van der Waals surface area contributed by atoms with Crippen molar-refractivity contribution in [3.05, 3.63) is 254 Å². The Bertz CT molecular complexity index is 2200. The molecule has 0 aromatic heterocycles. The monoisotopic (exact) mass is 788 g/mol. The zero-order valence-electron chi connectivity index (χ0n) is 32.0. The van der Waals surface area contributed by atoms with Gasteiger partial charge in [0, 0.05) is 6.66 Å². The maximum Gasteiger partial charge on any atom is 0.232 e. The first-order valence-electron chi connectivity index (χ1n) is 19.7. The normalized spacial score (nSPS) is 17.3. The summed E-state index contributed by atoms with van der Waals surface area (Å²) in [6.07, 6.45) is 0. The molecule has 8 aromatic carbocycles. The Balaban J connectivity index is 1.51. The van der Waals surface area contributed by atoms with Gasteiger partial charge in [0.15, 0.2) is 0 Å². The van der Waals surface area contributed by atoms with Crippen LogP contribution in [0.3, 0.4) is 0 Å². The lowest BCUT2D eigenvalue weighted by atomic mass is 9.95. The van der Waals surface area contributed by atoms with Crippen molar-refractivity contribution < 1.29 is 4.57 Å². The topological polar surface area (TPSA) is 23.6 Å². The molecule has 1 aliphatic rings. The second-order valence-electron chi connectivity index (χ2n) is 14.9. The molecule has 57 heavy (non-hydrogen) atoms. The van der Waals surface area contributed by atoms with Crippen molar-refractivity contribution in [2.45, 2.75) is 12.1 Å². The van der Waals surface area contributed by atoms with Gasteiger partial charge in [-0.3, -0.25) is 4.57 Å². The summed E-state index contributed by atoms with van der Waals surface area (Å²) in [6.45, 7) is 2.10. The number of benzene rings is 8. The van der Waals surface area contributed by atoms with E-state index in [0.717, 1.165) is 11.1 Å². The van der Waals surface area contributed by atoms with E-state index in [-0.39, 0.29) is 12.1 Å². The smallest absolute Gasteiger partial charge is 0.232 e. The largest absolute Gasteiger partial charge is 0.290 e. The van der Waals surface area contributed by atoms with Crippen LogP contribution in [0, 0.1) is 0 Å². The summed E-state index contributed by atoms with van der Waals surface area (Å²) >= 11 is 0. The van der Waals surface area contributed by atoms with Gasteiger partial charge in [0.25, 0.3) is 0 Å². The average Bonchev–Trinajstić information content (AvgIpc) is 3.54. The van der Waals surface area contributed by atoms with Gasteiger partial charge in [0.1, 0.15) is 0 Å². The van der Waals surface area contributed by atoms with E-state index in [0.29, 0.717) is 0 Å². The lowest BCUT2D eigenvalue weighted by Crippen LogP contribution is -2.77. The fraction of sp³-hybridized carbons (Fsp3) is 0.0588. The highest BCUT2D eigenvalue weighted by Crippen LogP contribution is 2.70. The quantitative estimate of drug-likeness (QED) is 0.0793. The predicted molar refractivity (Wildman–Crippen MR) is 244 cm³/mol. The van der Waals surface area contributed by atoms with Gasteiger partial charge in [-0.15, -0.1) is 0 Å². The SMILES string of the molecule is CP1(=O)N([Si](c2ccccc2)(c2ccccc2)c2ccccc2)[C@H](c2ccccc2)[C@@H](c2ccccc2)N1[Si](c1ccccc1)(c1ccccc1)c1ccccc1. The highest BCUT2D eigenvalue weighted by molar-refractivity contribution is 7.64. The Kier molecular flexibility index (Phi) is 10.2. The molecule has 9 rings (SSSR count). The van der Waals surface area contributed by atoms with Crippen molar-refractivity contribution in [2.75, 3.05) is 6.66 Å². The molecule has 0 radical (unpaired) electrons. The third kappa shape index (κ3) is 6.15. The lowest BCUT2D eigenvalue weighted by Gasteiger charge is -2.49. The maximum absolute atomic E-state index is 17.9. The molecule has 0 N–H and O–H groups in total. The van der Waals surface area contributed by atoms with Crippen LogP contribution in [0.25, 0.3) is 0 Å². The standard InChI is InChI=1S/C51H45N2OPSi2/c1-55(54)52(56(44-30-14-4-15-31-44,45-32-16-5-17-33-45)46-34-18-6-19-35-46)50(42-26-10-2-11-27-42)51(43-28-12-3-13-29-43)53(55)57(47-36-20-7-21-37-47,48-38-22-8-23-39-48)49-40-24-9-25-41-49/h2-41,50-51H,1H3/t50-,51-/m1/s1. The molecule has 3 nitrogen and oxygen atoms in total.